The number of halogens is 1. The van der Waals surface area contributed by atoms with Gasteiger partial charge in [-0.2, -0.15) is 0 Å². The zero-order valence-corrected chi connectivity index (χ0v) is 14.0. The summed E-state index contributed by atoms with van der Waals surface area (Å²) in [6, 6.07) is 15.9. The third-order valence-electron chi connectivity index (χ3n) is 3.65. The summed E-state index contributed by atoms with van der Waals surface area (Å²) in [6.45, 7) is 1.47. The molecule has 0 saturated carbocycles. The molecule has 2 N–H and O–H groups in total. The molecule has 5 nitrogen and oxygen atoms in total. The molecule has 0 aliphatic heterocycles. The lowest BCUT2D eigenvalue weighted by Crippen LogP contribution is -2.14. The maximum absolute atomic E-state index is 13.0. The number of pyridine rings is 1. The van der Waals surface area contributed by atoms with Crippen LogP contribution in [-0.2, 0) is 0 Å². The molecule has 0 bridgehead atoms. The Morgan fingerprint density at radius 3 is 2.42 bits per heavy atom. The molecular formula is C20H16FN3O2. The van der Waals surface area contributed by atoms with E-state index in [4.69, 9.17) is 0 Å². The fourth-order valence-corrected chi connectivity index (χ4v) is 2.34. The van der Waals surface area contributed by atoms with Gasteiger partial charge in [-0.15, -0.1) is 0 Å². The molecule has 0 radical (unpaired) electrons. The van der Waals surface area contributed by atoms with Crippen LogP contribution in [0.15, 0.2) is 66.9 Å². The van der Waals surface area contributed by atoms with Gasteiger partial charge in [0.05, 0.1) is 0 Å². The van der Waals surface area contributed by atoms with Gasteiger partial charge in [-0.1, -0.05) is 12.1 Å². The molecule has 0 saturated heterocycles. The number of Topliss-reactive ketones (excluding diaryl/α,β-unsaturated/α-hetero) is 1. The van der Waals surface area contributed by atoms with E-state index in [1.807, 2.05) is 0 Å². The Bertz CT molecular complexity index is 955. The summed E-state index contributed by atoms with van der Waals surface area (Å²) in [5.74, 6) is -0.795. The molecule has 3 aromatic rings. The average molecular weight is 349 g/mol. The van der Waals surface area contributed by atoms with Gasteiger partial charge in [0, 0.05) is 28.8 Å². The SMILES string of the molecule is CC(=O)c1cccc(NC(=O)c2cc(Nc3ccc(F)cc3)ccn2)c1. The second kappa shape index (κ2) is 7.57. The van der Waals surface area contributed by atoms with Crippen LogP contribution in [0.1, 0.15) is 27.8 Å². The molecule has 0 aliphatic rings. The van der Waals surface area contributed by atoms with Crippen LogP contribution in [0.5, 0.6) is 0 Å². The van der Waals surface area contributed by atoms with Crippen LogP contribution in [0.4, 0.5) is 21.5 Å². The van der Waals surface area contributed by atoms with Crippen molar-refractivity contribution in [1.29, 1.82) is 0 Å². The molecule has 0 unspecified atom stereocenters. The standard InChI is InChI=1S/C20H16FN3O2/c1-13(25)14-3-2-4-17(11-14)24-20(26)19-12-18(9-10-22-19)23-16-7-5-15(21)6-8-16/h2-12H,1H3,(H,22,23)(H,24,26). The van der Waals surface area contributed by atoms with Crippen LogP contribution in [0.2, 0.25) is 0 Å². The number of aromatic nitrogens is 1. The van der Waals surface area contributed by atoms with E-state index in [0.29, 0.717) is 22.6 Å². The molecule has 0 fully saturated rings. The summed E-state index contributed by atoms with van der Waals surface area (Å²) in [6.07, 6.45) is 1.51. The van der Waals surface area contributed by atoms with E-state index in [2.05, 4.69) is 15.6 Å². The fourth-order valence-electron chi connectivity index (χ4n) is 2.34. The molecule has 3 rings (SSSR count). The Morgan fingerprint density at radius 2 is 1.69 bits per heavy atom. The van der Waals surface area contributed by atoms with Gasteiger partial charge in [-0.25, -0.2) is 4.39 Å². The molecule has 1 heterocycles. The van der Waals surface area contributed by atoms with Crippen molar-refractivity contribution in [2.24, 2.45) is 0 Å². The predicted octanol–water partition coefficient (Wildman–Crippen LogP) is 4.42. The minimum absolute atomic E-state index is 0.0790. The maximum atomic E-state index is 13.0. The molecule has 2 aromatic carbocycles. The smallest absolute Gasteiger partial charge is 0.274 e. The number of nitrogens with zero attached hydrogens (tertiary/aromatic N) is 1. The quantitative estimate of drug-likeness (QED) is 0.669. The third kappa shape index (κ3) is 4.30. The van der Waals surface area contributed by atoms with Crippen LogP contribution in [-0.4, -0.2) is 16.7 Å². The van der Waals surface area contributed by atoms with Crippen LogP contribution in [0.25, 0.3) is 0 Å². The van der Waals surface area contributed by atoms with Crippen LogP contribution in [0, 0.1) is 5.82 Å². The van der Waals surface area contributed by atoms with Crippen molar-refractivity contribution in [3.05, 3.63) is 83.9 Å². The normalized spacial score (nSPS) is 10.2. The number of amides is 1. The maximum Gasteiger partial charge on any atom is 0.274 e. The zero-order chi connectivity index (χ0) is 18.5. The fraction of sp³-hybridized carbons (Fsp3) is 0.0500. The summed E-state index contributed by atoms with van der Waals surface area (Å²) < 4.78 is 13.0. The van der Waals surface area contributed by atoms with Crippen LogP contribution >= 0.6 is 0 Å². The van der Waals surface area contributed by atoms with Crippen LogP contribution < -0.4 is 10.6 Å². The van der Waals surface area contributed by atoms with E-state index < -0.39 is 5.91 Å². The number of carbonyl (C=O) groups is 2. The number of hydrogen-bond acceptors (Lipinski definition) is 4. The van der Waals surface area contributed by atoms with Crippen molar-refractivity contribution in [2.45, 2.75) is 6.92 Å². The summed E-state index contributed by atoms with van der Waals surface area (Å²) >= 11 is 0. The van der Waals surface area contributed by atoms with Crippen molar-refractivity contribution in [3.63, 3.8) is 0 Å². The minimum Gasteiger partial charge on any atom is -0.355 e. The Morgan fingerprint density at radius 1 is 0.923 bits per heavy atom. The highest BCUT2D eigenvalue weighted by molar-refractivity contribution is 6.04. The number of carbonyl (C=O) groups excluding carboxylic acids is 2. The summed E-state index contributed by atoms with van der Waals surface area (Å²) in [4.78, 5) is 27.9. The molecule has 130 valence electrons. The molecule has 26 heavy (non-hydrogen) atoms. The van der Waals surface area contributed by atoms with Gasteiger partial charge in [-0.05, 0) is 55.5 Å². The van der Waals surface area contributed by atoms with E-state index in [1.54, 1.807) is 48.5 Å². The molecule has 6 heteroatoms. The Labute approximate surface area is 149 Å². The first-order valence-corrected chi connectivity index (χ1v) is 7.92. The van der Waals surface area contributed by atoms with Gasteiger partial charge in [-0.3, -0.25) is 14.6 Å². The van der Waals surface area contributed by atoms with Crippen molar-refractivity contribution in [1.82, 2.24) is 4.98 Å². The first-order valence-electron chi connectivity index (χ1n) is 7.92. The van der Waals surface area contributed by atoms with Crippen LogP contribution in [0.3, 0.4) is 0 Å². The summed E-state index contributed by atoms with van der Waals surface area (Å²) in [5.41, 5.74) is 2.58. The first kappa shape index (κ1) is 17.3. The van der Waals surface area contributed by atoms with Crippen molar-refractivity contribution in [2.75, 3.05) is 10.6 Å². The zero-order valence-electron chi connectivity index (χ0n) is 14.0. The highest BCUT2D eigenvalue weighted by Crippen LogP contribution is 2.18. The molecule has 0 spiro atoms. The molecule has 0 aliphatic carbocycles. The number of benzene rings is 2. The number of nitrogens with one attached hydrogen (secondary N) is 2. The lowest BCUT2D eigenvalue weighted by Gasteiger charge is -2.09. The summed E-state index contributed by atoms with van der Waals surface area (Å²) in [5, 5.41) is 5.80. The largest absolute Gasteiger partial charge is 0.355 e. The van der Waals surface area contributed by atoms with Crippen molar-refractivity contribution < 1.29 is 14.0 Å². The second-order valence-electron chi connectivity index (χ2n) is 5.65. The number of hydrogen-bond donors (Lipinski definition) is 2. The highest BCUT2D eigenvalue weighted by Gasteiger charge is 2.10. The third-order valence-corrected chi connectivity index (χ3v) is 3.65. The Hall–Kier alpha value is -3.54. The van der Waals surface area contributed by atoms with E-state index in [-0.39, 0.29) is 17.3 Å². The van der Waals surface area contributed by atoms with Gasteiger partial charge in [0.15, 0.2) is 5.78 Å². The van der Waals surface area contributed by atoms with E-state index in [0.717, 1.165) is 0 Å². The highest BCUT2D eigenvalue weighted by atomic mass is 19.1. The van der Waals surface area contributed by atoms with E-state index in [1.165, 1.54) is 25.3 Å². The van der Waals surface area contributed by atoms with E-state index >= 15 is 0 Å². The lowest BCUT2D eigenvalue weighted by atomic mass is 10.1. The van der Waals surface area contributed by atoms with Crippen molar-refractivity contribution in [3.8, 4) is 0 Å². The van der Waals surface area contributed by atoms with Gasteiger partial charge in [0.1, 0.15) is 11.5 Å². The molecule has 1 aromatic heterocycles. The predicted molar refractivity (Wildman–Crippen MR) is 98.3 cm³/mol. The van der Waals surface area contributed by atoms with Crippen molar-refractivity contribution >= 4 is 28.8 Å². The number of ketones is 1. The monoisotopic (exact) mass is 349 g/mol. The Kier molecular flexibility index (Phi) is 5.03. The average Bonchev–Trinajstić information content (AvgIpc) is 2.64. The molecular weight excluding hydrogens is 333 g/mol. The molecule has 0 atom stereocenters. The minimum atomic E-state index is -0.395. The number of anilines is 3. The first-order chi connectivity index (χ1) is 12.5. The topological polar surface area (TPSA) is 71.1 Å². The van der Waals surface area contributed by atoms with Gasteiger partial charge in [0.25, 0.3) is 5.91 Å². The second-order valence-corrected chi connectivity index (χ2v) is 5.65. The van der Waals surface area contributed by atoms with E-state index in [9.17, 15) is 14.0 Å². The van der Waals surface area contributed by atoms with Gasteiger partial charge < -0.3 is 10.6 Å². The Balaban J connectivity index is 1.74. The number of rotatable bonds is 5. The van der Waals surface area contributed by atoms with Gasteiger partial charge in [0.2, 0.25) is 0 Å². The van der Waals surface area contributed by atoms with Gasteiger partial charge >= 0.3 is 0 Å². The lowest BCUT2D eigenvalue weighted by molar-refractivity contribution is 0.100. The summed E-state index contributed by atoms with van der Waals surface area (Å²) in [7, 11) is 0. The molecule has 1 amide bonds.